The van der Waals surface area contributed by atoms with Gasteiger partial charge in [0.1, 0.15) is 11.6 Å². The van der Waals surface area contributed by atoms with Gasteiger partial charge in [0.05, 0.1) is 12.9 Å². The Morgan fingerprint density at radius 3 is 2.62 bits per heavy atom. The molecule has 0 saturated carbocycles. The fourth-order valence-corrected chi connectivity index (χ4v) is 4.69. The van der Waals surface area contributed by atoms with Crippen LogP contribution in [0.15, 0.2) is 59.9 Å². The third-order valence-electron chi connectivity index (χ3n) is 5.93. The first-order chi connectivity index (χ1) is 16.5. The molecule has 8 heteroatoms. The third-order valence-corrected chi connectivity index (χ3v) is 6.79. The first-order valence-corrected chi connectivity index (χ1v) is 12.4. The van der Waals surface area contributed by atoms with Crippen molar-refractivity contribution in [3.8, 4) is 5.75 Å². The van der Waals surface area contributed by atoms with Crippen molar-refractivity contribution in [1.82, 2.24) is 15.3 Å². The van der Waals surface area contributed by atoms with Crippen LogP contribution in [0.25, 0.3) is 0 Å². The van der Waals surface area contributed by atoms with Gasteiger partial charge in [0.25, 0.3) is 0 Å². The molecule has 0 unspecified atom stereocenters. The lowest BCUT2D eigenvalue weighted by Crippen LogP contribution is -2.47. The van der Waals surface area contributed by atoms with Crippen LogP contribution in [0.3, 0.4) is 0 Å². The molecule has 0 atom stereocenters. The Morgan fingerprint density at radius 1 is 1.06 bits per heavy atom. The Bertz CT molecular complexity index is 1130. The van der Waals surface area contributed by atoms with E-state index in [1.165, 1.54) is 28.6 Å². The standard InChI is InChI=1S/C26H31N5O2S/c1-19-8-9-20(2)22(16-19)30-12-14-31(15-13-30)24-10-11-27-26(29-24)34-18-25(32)28-17-21-6-4-5-7-23(21)33-3/h4-11,16H,12-15,17-18H2,1-3H3,(H,28,32). The molecule has 1 saturated heterocycles. The maximum Gasteiger partial charge on any atom is 0.230 e. The van der Waals surface area contributed by atoms with Crippen LogP contribution in [-0.4, -0.2) is 54.9 Å². The minimum Gasteiger partial charge on any atom is -0.496 e. The molecule has 3 aromatic rings. The predicted octanol–water partition coefficient (Wildman–Crippen LogP) is 3.84. The number of carbonyl (C=O) groups is 1. The summed E-state index contributed by atoms with van der Waals surface area (Å²) in [5.74, 6) is 1.88. The van der Waals surface area contributed by atoms with E-state index in [0.717, 1.165) is 43.3 Å². The van der Waals surface area contributed by atoms with E-state index in [1.807, 2.05) is 30.3 Å². The second-order valence-corrected chi connectivity index (χ2v) is 9.28. The number of ether oxygens (including phenoxy) is 1. The van der Waals surface area contributed by atoms with Crippen LogP contribution >= 0.6 is 11.8 Å². The Balaban J connectivity index is 1.28. The highest BCUT2D eigenvalue weighted by atomic mass is 32.2. The molecular formula is C26H31N5O2S. The lowest BCUT2D eigenvalue weighted by atomic mass is 10.1. The highest BCUT2D eigenvalue weighted by molar-refractivity contribution is 7.99. The summed E-state index contributed by atoms with van der Waals surface area (Å²) in [6.45, 7) is 8.42. The summed E-state index contributed by atoms with van der Waals surface area (Å²) >= 11 is 1.35. The number of hydrogen-bond acceptors (Lipinski definition) is 7. The van der Waals surface area contributed by atoms with E-state index < -0.39 is 0 Å². The molecule has 1 aliphatic heterocycles. The van der Waals surface area contributed by atoms with Crippen molar-refractivity contribution in [2.45, 2.75) is 25.5 Å². The molecule has 7 nitrogen and oxygen atoms in total. The molecular weight excluding hydrogens is 446 g/mol. The molecule has 0 radical (unpaired) electrons. The SMILES string of the molecule is COc1ccccc1CNC(=O)CSc1nccc(N2CCN(c3cc(C)ccc3C)CC2)n1. The molecule has 0 bridgehead atoms. The second kappa shape index (κ2) is 11.2. The minimum atomic E-state index is -0.0629. The van der Waals surface area contributed by atoms with Crippen LogP contribution in [0.5, 0.6) is 5.75 Å². The number of thioether (sulfide) groups is 1. The topological polar surface area (TPSA) is 70.6 Å². The number of hydrogen-bond donors (Lipinski definition) is 1. The highest BCUT2D eigenvalue weighted by Gasteiger charge is 2.20. The second-order valence-electron chi connectivity index (χ2n) is 8.34. The molecule has 0 aliphatic carbocycles. The van der Waals surface area contributed by atoms with Crippen molar-refractivity contribution in [1.29, 1.82) is 0 Å². The molecule has 34 heavy (non-hydrogen) atoms. The normalized spacial score (nSPS) is 13.6. The zero-order chi connectivity index (χ0) is 23.9. The molecule has 1 amide bonds. The number of aryl methyl sites for hydroxylation is 2. The zero-order valence-corrected chi connectivity index (χ0v) is 20.8. The van der Waals surface area contributed by atoms with E-state index in [1.54, 1.807) is 13.3 Å². The van der Waals surface area contributed by atoms with Gasteiger partial charge in [-0.15, -0.1) is 0 Å². The summed E-state index contributed by atoms with van der Waals surface area (Å²) in [6.07, 6.45) is 1.77. The van der Waals surface area contributed by atoms with Crippen LogP contribution in [0.4, 0.5) is 11.5 Å². The molecule has 1 aliphatic rings. The molecule has 1 aromatic heterocycles. The van der Waals surface area contributed by atoms with Gasteiger partial charge in [0, 0.05) is 50.2 Å². The summed E-state index contributed by atoms with van der Waals surface area (Å²) in [7, 11) is 1.63. The summed E-state index contributed by atoms with van der Waals surface area (Å²) in [5, 5.41) is 3.55. The predicted molar refractivity (Wildman–Crippen MR) is 138 cm³/mol. The summed E-state index contributed by atoms with van der Waals surface area (Å²) in [6, 6.07) is 16.2. The number of benzene rings is 2. The van der Waals surface area contributed by atoms with Crippen LogP contribution in [0.1, 0.15) is 16.7 Å². The van der Waals surface area contributed by atoms with Gasteiger partial charge in [-0.25, -0.2) is 9.97 Å². The monoisotopic (exact) mass is 477 g/mol. The number of para-hydroxylation sites is 1. The first-order valence-electron chi connectivity index (χ1n) is 11.4. The van der Waals surface area contributed by atoms with E-state index in [2.05, 4.69) is 52.1 Å². The third kappa shape index (κ3) is 5.99. The van der Waals surface area contributed by atoms with Gasteiger partial charge in [-0.2, -0.15) is 0 Å². The number of nitrogens with one attached hydrogen (secondary N) is 1. The molecule has 178 valence electrons. The minimum absolute atomic E-state index is 0.0629. The number of aromatic nitrogens is 2. The van der Waals surface area contributed by atoms with Crippen molar-refractivity contribution in [3.63, 3.8) is 0 Å². The van der Waals surface area contributed by atoms with Crippen molar-refractivity contribution >= 4 is 29.2 Å². The Labute approximate surface area is 205 Å². The summed E-state index contributed by atoms with van der Waals surface area (Å²) < 4.78 is 5.34. The average Bonchev–Trinajstić information content (AvgIpc) is 2.88. The largest absolute Gasteiger partial charge is 0.496 e. The number of amides is 1. The van der Waals surface area contributed by atoms with E-state index in [-0.39, 0.29) is 11.7 Å². The van der Waals surface area contributed by atoms with Crippen LogP contribution < -0.4 is 19.9 Å². The van der Waals surface area contributed by atoms with Crippen molar-refractivity contribution in [2.75, 3.05) is 48.8 Å². The molecule has 1 N–H and O–H groups in total. The van der Waals surface area contributed by atoms with Gasteiger partial charge in [-0.1, -0.05) is 42.1 Å². The highest BCUT2D eigenvalue weighted by Crippen LogP contribution is 2.25. The van der Waals surface area contributed by atoms with E-state index in [9.17, 15) is 4.79 Å². The van der Waals surface area contributed by atoms with Crippen molar-refractivity contribution in [2.24, 2.45) is 0 Å². The molecule has 4 rings (SSSR count). The number of nitrogens with zero attached hydrogens (tertiary/aromatic N) is 4. The van der Waals surface area contributed by atoms with Gasteiger partial charge in [-0.3, -0.25) is 4.79 Å². The first kappa shape index (κ1) is 23.9. The zero-order valence-electron chi connectivity index (χ0n) is 20.0. The number of carbonyl (C=O) groups excluding carboxylic acids is 1. The van der Waals surface area contributed by atoms with Gasteiger partial charge in [0.2, 0.25) is 5.91 Å². The molecule has 2 aromatic carbocycles. The lowest BCUT2D eigenvalue weighted by molar-refractivity contribution is -0.118. The molecule has 1 fully saturated rings. The molecule has 0 spiro atoms. The van der Waals surface area contributed by atoms with Gasteiger partial charge in [-0.05, 0) is 43.2 Å². The van der Waals surface area contributed by atoms with Crippen molar-refractivity contribution < 1.29 is 9.53 Å². The fraction of sp³-hybridized carbons (Fsp3) is 0.346. The Kier molecular flexibility index (Phi) is 7.90. The lowest BCUT2D eigenvalue weighted by Gasteiger charge is -2.37. The maximum absolute atomic E-state index is 12.4. The number of rotatable bonds is 8. The average molecular weight is 478 g/mol. The Morgan fingerprint density at radius 2 is 1.82 bits per heavy atom. The van der Waals surface area contributed by atoms with Crippen LogP contribution in [0.2, 0.25) is 0 Å². The smallest absolute Gasteiger partial charge is 0.230 e. The Hall–Kier alpha value is -3.26. The van der Waals surface area contributed by atoms with Crippen molar-refractivity contribution in [3.05, 3.63) is 71.4 Å². The summed E-state index contributed by atoms with van der Waals surface area (Å²) in [4.78, 5) is 26.1. The van der Waals surface area contributed by atoms with Gasteiger partial charge >= 0.3 is 0 Å². The number of piperazine rings is 1. The van der Waals surface area contributed by atoms with Crippen LogP contribution in [-0.2, 0) is 11.3 Å². The summed E-state index contributed by atoms with van der Waals surface area (Å²) in [5.41, 5.74) is 4.86. The van der Waals surface area contributed by atoms with E-state index in [4.69, 9.17) is 9.72 Å². The molecule has 2 heterocycles. The number of anilines is 2. The number of methoxy groups -OCH3 is 1. The van der Waals surface area contributed by atoms with Gasteiger partial charge < -0.3 is 19.9 Å². The maximum atomic E-state index is 12.4. The van der Waals surface area contributed by atoms with E-state index in [0.29, 0.717) is 11.7 Å². The quantitative estimate of drug-likeness (QED) is 0.390. The fourth-order valence-electron chi connectivity index (χ4n) is 4.04. The van der Waals surface area contributed by atoms with Gasteiger partial charge in [0.15, 0.2) is 5.16 Å². The van der Waals surface area contributed by atoms with Crippen LogP contribution in [0, 0.1) is 13.8 Å². The van der Waals surface area contributed by atoms with E-state index >= 15 is 0 Å².